The van der Waals surface area contributed by atoms with Crippen LogP contribution in [0.15, 0.2) is 71.3 Å². The quantitative estimate of drug-likeness (QED) is 0.234. The van der Waals surface area contributed by atoms with Gasteiger partial charge in [0.2, 0.25) is 5.78 Å². The van der Waals surface area contributed by atoms with Crippen LogP contribution in [0.5, 0.6) is 0 Å². The van der Waals surface area contributed by atoms with Crippen molar-refractivity contribution in [1.82, 2.24) is 18.7 Å². The maximum Gasteiger partial charge on any atom is 0.410 e. The highest BCUT2D eigenvalue weighted by molar-refractivity contribution is 7.90. The lowest BCUT2D eigenvalue weighted by Crippen LogP contribution is -2.49. The van der Waals surface area contributed by atoms with E-state index in [4.69, 9.17) is 4.74 Å². The molecule has 1 aliphatic heterocycles. The van der Waals surface area contributed by atoms with Crippen LogP contribution in [-0.2, 0) is 21.3 Å². The summed E-state index contributed by atoms with van der Waals surface area (Å²) in [5.41, 5.74) is 0.440. The first-order chi connectivity index (χ1) is 19.3. The minimum absolute atomic E-state index is 0.0357. The standard InChI is InChI=1S/C30H35N5O5S/c1-30(2,3)40-29(37)34-15-13-33(14-16-34)20-22-11-12-26-23(17-22)18-27(28(36)24(19-31)21-32(4)5)35(26)41(38,39)25-9-7-6-8-10-25/h6-12,17-18,21H,13-16,20H2,1-5H3/b24-21-. The summed E-state index contributed by atoms with van der Waals surface area (Å²) in [5, 5.41) is 10.2. The Bertz CT molecular complexity index is 1620. The molecular formula is C30H35N5O5S. The molecule has 1 aromatic heterocycles. The zero-order valence-corrected chi connectivity index (χ0v) is 24.8. The molecule has 0 aliphatic carbocycles. The number of benzene rings is 2. The van der Waals surface area contributed by atoms with Crippen molar-refractivity contribution < 1.29 is 22.7 Å². The largest absolute Gasteiger partial charge is 0.444 e. The molecule has 0 radical (unpaired) electrons. The summed E-state index contributed by atoms with van der Waals surface area (Å²) < 4.78 is 34.1. The Morgan fingerprint density at radius 3 is 2.27 bits per heavy atom. The number of Topliss-reactive ketones (excluding diaryl/α,β-unsaturated/α-hetero) is 1. The van der Waals surface area contributed by atoms with Gasteiger partial charge in [0.25, 0.3) is 10.0 Å². The van der Waals surface area contributed by atoms with Crippen LogP contribution in [0.25, 0.3) is 10.9 Å². The fourth-order valence-electron chi connectivity index (χ4n) is 4.66. The van der Waals surface area contributed by atoms with Gasteiger partial charge in [0.1, 0.15) is 22.9 Å². The molecule has 0 saturated carbocycles. The Morgan fingerprint density at radius 1 is 1.02 bits per heavy atom. The van der Waals surface area contributed by atoms with Gasteiger partial charge in [-0.15, -0.1) is 0 Å². The van der Waals surface area contributed by atoms with Gasteiger partial charge in [-0.2, -0.15) is 5.26 Å². The summed E-state index contributed by atoms with van der Waals surface area (Å²) in [6, 6.07) is 16.7. The van der Waals surface area contributed by atoms with Crippen molar-refractivity contribution in [3.8, 4) is 6.07 Å². The van der Waals surface area contributed by atoms with Crippen LogP contribution in [0.1, 0.15) is 36.8 Å². The van der Waals surface area contributed by atoms with Gasteiger partial charge < -0.3 is 14.5 Å². The van der Waals surface area contributed by atoms with Gasteiger partial charge in [0.15, 0.2) is 0 Å². The number of nitrogens with zero attached hydrogens (tertiary/aromatic N) is 5. The molecule has 1 fully saturated rings. The van der Waals surface area contributed by atoms with E-state index in [-0.39, 0.29) is 22.3 Å². The molecule has 2 aromatic carbocycles. The van der Waals surface area contributed by atoms with Crippen molar-refractivity contribution in [1.29, 1.82) is 5.26 Å². The van der Waals surface area contributed by atoms with Crippen molar-refractivity contribution in [3.05, 3.63) is 77.6 Å². The average molecular weight is 578 g/mol. The minimum Gasteiger partial charge on any atom is -0.444 e. The monoisotopic (exact) mass is 577 g/mol. The Hall–Kier alpha value is -4.14. The van der Waals surface area contributed by atoms with Gasteiger partial charge in [0.05, 0.1) is 10.4 Å². The molecule has 0 N–H and O–H groups in total. The van der Waals surface area contributed by atoms with Gasteiger partial charge in [-0.05, 0) is 56.7 Å². The van der Waals surface area contributed by atoms with Gasteiger partial charge in [-0.3, -0.25) is 9.69 Å². The number of ether oxygens (including phenoxy) is 1. The zero-order chi connectivity index (χ0) is 29.9. The van der Waals surface area contributed by atoms with Crippen LogP contribution >= 0.6 is 0 Å². The number of rotatable bonds is 7. The number of nitriles is 1. The molecule has 2 heterocycles. The van der Waals surface area contributed by atoms with Gasteiger partial charge in [-0.1, -0.05) is 24.3 Å². The van der Waals surface area contributed by atoms with Crippen molar-refractivity contribution >= 4 is 32.8 Å². The molecule has 10 nitrogen and oxygen atoms in total. The van der Waals surface area contributed by atoms with E-state index < -0.39 is 21.4 Å². The second-order valence-corrected chi connectivity index (χ2v) is 13.0. The summed E-state index contributed by atoms with van der Waals surface area (Å²) in [7, 11) is -0.788. The van der Waals surface area contributed by atoms with Gasteiger partial charge in [-0.25, -0.2) is 17.2 Å². The highest BCUT2D eigenvalue weighted by atomic mass is 32.2. The van der Waals surface area contributed by atoms with Crippen molar-refractivity contribution in [2.45, 2.75) is 37.8 Å². The normalized spacial score (nSPS) is 15.0. The summed E-state index contributed by atoms with van der Waals surface area (Å²) in [6.45, 7) is 8.50. The SMILES string of the molecule is CN(C)/C=C(/C#N)C(=O)c1cc2cc(CN3CCN(C(=O)OC(C)(C)C)CC3)ccc2n1S(=O)(=O)c1ccccc1. The number of ketones is 1. The lowest BCUT2D eigenvalue weighted by molar-refractivity contribution is 0.0139. The molecule has 4 rings (SSSR count). The first-order valence-corrected chi connectivity index (χ1v) is 14.7. The first kappa shape index (κ1) is 29.8. The molecule has 1 amide bonds. The van der Waals surface area contributed by atoms with E-state index in [0.717, 1.165) is 9.54 Å². The Labute approximate surface area is 241 Å². The van der Waals surface area contributed by atoms with Gasteiger partial charge in [0, 0.05) is 58.4 Å². The Kier molecular flexibility index (Phi) is 8.56. The Morgan fingerprint density at radius 2 is 1.68 bits per heavy atom. The van der Waals surface area contributed by atoms with Crippen molar-refractivity contribution in [3.63, 3.8) is 0 Å². The number of amides is 1. The number of allylic oxidation sites excluding steroid dienone is 1. The van der Waals surface area contributed by atoms with Crippen LogP contribution in [-0.4, -0.2) is 84.8 Å². The number of fused-ring (bicyclic) bond motifs is 1. The lowest BCUT2D eigenvalue weighted by Gasteiger charge is -2.35. The first-order valence-electron chi connectivity index (χ1n) is 13.3. The number of carbonyl (C=O) groups is 2. The topological polar surface area (TPSA) is 116 Å². The van der Waals surface area contributed by atoms with Crippen LogP contribution in [0.2, 0.25) is 0 Å². The molecule has 0 unspecified atom stereocenters. The van der Waals surface area contributed by atoms with E-state index >= 15 is 0 Å². The van der Waals surface area contributed by atoms with E-state index in [9.17, 15) is 23.3 Å². The van der Waals surface area contributed by atoms with Crippen LogP contribution in [0.3, 0.4) is 0 Å². The molecule has 11 heteroatoms. The molecule has 3 aromatic rings. The molecule has 216 valence electrons. The molecule has 1 aliphatic rings. The van der Waals surface area contributed by atoms with Crippen molar-refractivity contribution in [2.75, 3.05) is 40.3 Å². The highest BCUT2D eigenvalue weighted by Gasteiger charge is 2.29. The third-order valence-corrected chi connectivity index (χ3v) is 8.26. The molecule has 0 bridgehead atoms. The van der Waals surface area contributed by atoms with Crippen molar-refractivity contribution in [2.24, 2.45) is 0 Å². The number of hydrogen-bond acceptors (Lipinski definition) is 8. The molecule has 0 spiro atoms. The van der Waals surface area contributed by atoms with Gasteiger partial charge >= 0.3 is 6.09 Å². The summed E-state index contributed by atoms with van der Waals surface area (Å²) >= 11 is 0. The predicted molar refractivity (Wildman–Crippen MR) is 156 cm³/mol. The van der Waals surface area contributed by atoms with E-state index in [0.29, 0.717) is 43.6 Å². The van der Waals surface area contributed by atoms with Crippen LogP contribution < -0.4 is 0 Å². The van der Waals surface area contributed by atoms with Crippen LogP contribution in [0, 0.1) is 11.3 Å². The maximum atomic E-state index is 13.8. The van der Waals surface area contributed by atoms with E-state index in [1.807, 2.05) is 39.0 Å². The van der Waals surface area contributed by atoms with E-state index in [1.54, 1.807) is 48.2 Å². The number of carbonyl (C=O) groups excluding carboxylic acids is 2. The summed E-state index contributed by atoms with van der Waals surface area (Å²) in [6.07, 6.45) is 1.05. The lowest BCUT2D eigenvalue weighted by atomic mass is 10.1. The number of hydrogen-bond donors (Lipinski definition) is 0. The number of piperazine rings is 1. The zero-order valence-electron chi connectivity index (χ0n) is 24.0. The number of aromatic nitrogens is 1. The molecule has 41 heavy (non-hydrogen) atoms. The highest BCUT2D eigenvalue weighted by Crippen LogP contribution is 2.29. The molecule has 1 saturated heterocycles. The fourth-order valence-corrected chi connectivity index (χ4v) is 6.19. The van der Waals surface area contributed by atoms with E-state index in [1.165, 1.54) is 24.4 Å². The maximum absolute atomic E-state index is 13.8. The third-order valence-electron chi connectivity index (χ3n) is 6.52. The fraction of sp³-hybridized carbons (Fsp3) is 0.367. The summed E-state index contributed by atoms with van der Waals surface area (Å²) in [4.78, 5) is 31.4. The average Bonchev–Trinajstić information content (AvgIpc) is 3.31. The second-order valence-electron chi connectivity index (χ2n) is 11.2. The second kappa shape index (κ2) is 11.8. The Balaban J connectivity index is 1.66. The predicted octanol–water partition coefficient (Wildman–Crippen LogP) is 4.08. The molecule has 0 atom stereocenters. The molecular weight excluding hydrogens is 542 g/mol. The van der Waals surface area contributed by atoms with E-state index in [2.05, 4.69) is 4.90 Å². The smallest absolute Gasteiger partial charge is 0.410 e. The minimum atomic E-state index is -4.15. The van der Waals surface area contributed by atoms with Crippen LogP contribution in [0.4, 0.5) is 4.79 Å². The third kappa shape index (κ3) is 6.78. The summed E-state index contributed by atoms with van der Waals surface area (Å²) in [5.74, 6) is -0.684.